The van der Waals surface area contributed by atoms with Crippen molar-refractivity contribution in [2.45, 2.75) is 30.4 Å². The molecule has 0 aliphatic carbocycles. The van der Waals surface area contributed by atoms with Gasteiger partial charge in [-0.2, -0.15) is 0 Å². The highest BCUT2D eigenvalue weighted by molar-refractivity contribution is 7.99. The number of hydrogen-bond acceptors (Lipinski definition) is 5. The predicted molar refractivity (Wildman–Crippen MR) is 492 cm³/mol. The van der Waals surface area contributed by atoms with E-state index in [0.717, 1.165) is 39.8 Å². The lowest BCUT2D eigenvalue weighted by Gasteiger charge is -2.49. The molecule has 6 nitrogen and oxygen atoms in total. The third-order valence-corrected chi connectivity index (χ3v) is 27.2. The van der Waals surface area contributed by atoms with Crippen LogP contribution < -0.4 is 14.7 Å². The lowest BCUT2D eigenvalue weighted by Crippen LogP contribution is -2.39. The maximum absolute atomic E-state index is 2.54. The first-order chi connectivity index (χ1) is 58.6. The Morgan fingerprint density at radius 2 is 0.466 bits per heavy atom. The highest BCUT2D eigenvalue weighted by Crippen LogP contribution is 2.66. The molecule has 8 heteroatoms. The van der Waals surface area contributed by atoms with Crippen molar-refractivity contribution in [1.82, 2.24) is 13.7 Å². The van der Waals surface area contributed by atoms with E-state index in [1.807, 2.05) is 23.5 Å². The molecule has 0 fully saturated rings. The minimum absolute atomic E-state index is 0.549. The van der Waals surface area contributed by atoms with Gasteiger partial charge in [-0.15, -0.1) is 0 Å². The summed E-state index contributed by atoms with van der Waals surface area (Å²) in [6, 6.07) is 161. The molecule has 2 spiro atoms. The third kappa shape index (κ3) is 10.0. The Balaban J connectivity index is 0.000000135. The smallest absolute Gasteiger partial charge is 0.0764 e. The van der Waals surface area contributed by atoms with Crippen molar-refractivity contribution >= 4 is 140 Å². The first-order valence-corrected chi connectivity index (χ1v) is 42.1. The van der Waals surface area contributed by atoms with Gasteiger partial charge < -0.3 is 28.4 Å². The lowest BCUT2D eigenvalue weighted by atomic mass is 9.62. The van der Waals surface area contributed by atoms with Crippen LogP contribution in [-0.2, 0) is 10.8 Å². The Labute approximate surface area is 692 Å². The number of hydrogen-bond donors (Lipinski definition) is 0. The van der Waals surface area contributed by atoms with Gasteiger partial charge in [0.05, 0.1) is 66.7 Å². The average Bonchev–Trinajstić information content (AvgIpc) is 0.843. The third-order valence-electron chi connectivity index (χ3n) is 24.9. The van der Waals surface area contributed by atoms with Crippen LogP contribution in [0.1, 0.15) is 44.5 Å². The molecule has 7 heterocycles. The lowest BCUT2D eigenvalue weighted by molar-refractivity contribution is 0.693. The zero-order valence-corrected chi connectivity index (χ0v) is 65.7. The van der Waals surface area contributed by atoms with Crippen molar-refractivity contribution in [2.75, 3.05) is 14.7 Å². The van der Waals surface area contributed by atoms with Crippen molar-refractivity contribution < 1.29 is 0 Å². The Morgan fingerprint density at radius 3 is 0.881 bits per heavy atom. The summed E-state index contributed by atoms with van der Waals surface area (Å²) in [5.41, 5.74) is 30.5. The van der Waals surface area contributed by atoms with E-state index in [-0.39, 0.29) is 0 Å². The van der Waals surface area contributed by atoms with Gasteiger partial charge in [0.2, 0.25) is 0 Å². The van der Waals surface area contributed by atoms with E-state index in [4.69, 9.17) is 0 Å². The number of rotatable bonds is 8. The molecule has 0 N–H and O–H groups in total. The summed E-state index contributed by atoms with van der Waals surface area (Å²) in [4.78, 5) is 12.3. The van der Waals surface area contributed by atoms with Gasteiger partial charge in [0.25, 0.3) is 0 Å². The van der Waals surface area contributed by atoms with Crippen LogP contribution >= 0.6 is 23.5 Å². The summed E-state index contributed by atoms with van der Waals surface area (Å²) >= 11 is 3.79. The standard InChI is InChI=1S/C55H35N3S.C55H37N3S/c1-3-17-36(18-4-1)56-47-26-12-7-21-39(47)41-33-38(31-32-49(41)56)58-48-27-13-8-22-40(48)42-34-46-54(35-52(42)58)59-53-30-16-11-25-45(53)55(46)43-23-9-14-28-50(43)57(37-19-5-2-6-20-37)51-29-15-10-24-44(51)55;1-4-18-38(19-5-1)56(39-20-6-2-7-21-39)41-32-34-42(35-33-41)57-49-28-14-10-24-43(49)44-36-48-54(37-52(44)57)59-53-31-17-13-27-47(53)55(48)45-25-11-15-29-50(45)58(40-22-8-3-9-23-40)51-30-16-12-26-46(51)55/h1-35H;1-37H. The van der Waals surface area contributed by atoms with Crippen LogP contribution in [0.15, 0.2) is 456 Å². The van der Waals surface area contributed by atoms with Crippen molar-refractivity contribution in [1.29, 1.82) is 0 Å². The zero-order valence-electron chi connectivity index (χ0n) is 64.1. The van der Waals surface area contributed by atoms with E-state index in [0.29, 0.717) is 0 Å². The van der Waals surface area contributed by atoms with Gasteiger partial charge in [-0.1, -0.05) is 278 Å². The topological polar surface area (TPSA) is 24.5 Å². The molecule has 0 unspecified atom stereocenters. The van der Waals surface area contributed by atoms with Gasteiger partial charge in [-0.05, 0) is 226 Å². The summed E-state index contributed by atoms with van der Waals surface area (Å²) in [5.74, 6) is 0. The van der Waals surface area contributed by atoms with Crippen molar-refractivity contribution in [3.63, 3.8) is 0 Å². The van der Waals surface area contributed by atoms with E-state index in [2.05, 4.69) is 465 Å². The largest absolute Gasteiger partial charge is 0.311 e. The Kier molecular flexibility index (Phi) is 15.6. The predicted octanol–water partition coefficient (Wildman–Crippen LogP) is 29.4. The van der Waals surface area contributed by atoms with E-state index < -0.39 is 10.8 Å². The molecule has 0 saturated heterocycles. The summed E-state index contributed by atoms with van der Waals surface area (Å²) < 4.78 is 7.34. The quantitative estimate of drug-likeness (QED) is 0.151. The van der Waals surface area contributed by atoms with E-state index >= 15 is 0 Å². The molecule has 3 aromatic heterocycles. The van der Waals surface area contributed by atoms with Crippen LogP contribution in [-0.4, -0.2) is 13.7 Å². The number of nitrogens with zero attached hydrogens (tertiary/aromatic N) is 6. The molecule has 554 valence electrons. The van der Waals surface area contributed by atoms with Gasteiger partial charge in [-0.3, -0.25) is 0 Å². The van der Waals surface area contributed by atoms with Crippen molar-refractivity contribution in [2.24, 2.45) is 0 Å². The molecule has 18 aromatic carbocycles. The first kappa shape index (κ1) is 67.9. The normalized spacial score (nSPS) is 13.6. The average molecular weight is 1540 g/mol. The van der Waals surface area contributed by atoms with Crippen LogP contribution in [0.3, 0.4) is 0 Å². The second-order valence-electron chi connectivity index (χ2n) is 31.0. The molecule has 0 bridgehead atoms. The SMILES string of the molecule is c1ccc(N(c2ccccc2)c2ccc(-n3c4ccccc4c4cc5c(cc43)Sc3ccccc3C53c4ccccc4N(c4ccccc4)c4ccccc43)cc2)cc1.c1ccc(N2c3ccccc3C3(c4ccccc4Sc4cc5c(cc43)c3ccccc3n5-c3ccc4c(c3)c3ccccc3n4-c3ccccc3)c3ccccc32)cc1. The summed E-state index contributed by atoms with van der Waals surface area (Å²) in [7, 11) is 0. The molecule has 4 aliphatic heterocycles. The first-order valence-electron chi connectivity index (χ1n) is 40.5. The van der Waals surface area contributed by atoms with Crippen LogP contribution in [0.25, 0.3) is 82.5 Å². The summed E-state index contributed by atoms with van der Waals surface area (Å²) in [5, 5.41) is 7.49. The van der Waals surface area contributed by atoms with Gasteiger partial charge >= 0.3 is 0 Å². The number of anilines is 9. The van der Waals surface area contributed by atoms with Crippen LogP contribution in [0, 0.1) is 0 Å². The molecule has 21 aromatic rings. The number of fused-ring (bicyclic) bond motifs is 25. The van der Waals surface area contributed by atoms with Gasteiger partial charge in [0, 0.05) is 97.4 Å². The monoisotopic (exact) mass is 1540 g/mol. The summed E-state index contributed by atoms with van der Waals surface area (Å²) in [6.07, 6.45) is 0. The van der Waals surface area contributed by atoms with Crippen molar-refractivity contribution in [3.05, 3.63) is 481 Å². The van der Waals surface area contributed by atoms with Gasteiger partial charge in [-0.25, -0.2) is 0 Å². The van der Waals surface area contributed by atoms with Crippen LogP contribution in [0.2, 0.25) is 0 Å². The fourth-order valence-corrected chi connectivity index (χ4v) is 22.6. The second kappa shape index (κ2) is 27.1. The molecule has 4 aliphatic rings. The van der Waals surface area contributed by atoms with Crippen LogP contribution in [0.4, 0.5) is 51.2 Å². The maximum atomic E-state index is 2.54. The van der Waals surface area contributed by atoms with Crippen LogP contribution in [0.5, 0.6) is 0 Å². The van der Waals surface area contributed by atoms with Gasteiger partial charge in [0.15, 0.2) is 0 Å². The molecule has 0 atom stereocenters. The molecule has 0 radical (unpaired) electrons. The minimum atomic E-state index is -0.550. The molecule has 0 amide bonds. The van der Waals surface area contributed by atoms with Gasteiger partial charge in [0.1, 0.15) is 0 Å². The van der Waals surface area contributed by atoms with Crippen molar-refractivity contribution in [3.8, 4) is 17.1 Å². The highest BCUT2D eigenvalue weighted by Gasteiger charge is 2.53. The molecule has 25 rings (SSSR count). The maximum Gasteiger partial charge on any atom is 0.0764 e. The molecular formula is C110H72N6S2. The fraction of sp³-hybridized carbons (Fsp3) is 0.0182. The molecule has 118 heavy (non-hydrogen) atoms. The minimum Gasteiger partial charge on any atom is -0.311 e. The Hall–Kier alpha value is -14.5. The Bertz CT molecular complexity index is 7450. The molecule has 0 saturated carbocycles. The summed E-state index contributed by atoms with van der Waals surface area (Å²) in [6.45, 7) is 0. The number of para-hydroxylation sites is 12. The van der Waals surface area contributed by atoms with E-state index in [1.54, 1.807) is 0 Å². The fourth-order valence-electron chi connectivity index (χ4n) is 20.2. The number of aromatic nitrogens is 3. The second-order valence-corrected chi connectivity index (χ2v) is 33.1. The van der Waals surface area contributed by atoms with E-state index in [1.165, 1.54) is 158 Å². The highest BCUT2D eigenvalue weighted by atomic mass is 32.2. The number of benzene rings is 18. The molecular weight excluding hydrogens is 1470 g/mol. The van der Waals surface area contributed by atoms with E-state index in [9.17, 15) is 0 Å². The zero-order chi connectivity index (χ0) is 77.6. The Morgan fingerprint density at radius 1 is 0.178 bits per heavy atom.